The summed E-state index contributed by atoms with van der Waals surface area (Å²) in [5.74, 6) is -0.476. The Labute approximate surface area is 125 Å². The fraction of sp³-hybridized carbons (Fsp3) is 0.500. The Bertz CT molecular complexity index is 530. The van der Waals surface area contributed by atoms with Gasteiger partial charge in [-0.15, -0.1) is 0 Å². The van der Waals surface area contributed by atoms with Crippen LogP contribution in [0, 0.1) is 5.92 Å². The maximum atomic E-state index is 12.7. The van der Waals surface area contributed by atoms with Gasteiger partial charge in [0.1, 0.15) is 0 Å². The number of nitrogens with zero attached hydrogens (tertiary/aromatic N) is 2. The number of hydrogen-bond acceptors (Lipinski definition) is 2. The van der Waals surface area contributed by atoms with E-state index in [1.807, 2.05) is 25.1 Å². The molecule has 0 aliphatic carbocycles. The minimum absolute atomic E-state index is 0.0232. The van der Waals surface area contributed by atoms with Gasteiger partial charge in [0.15, 0.2) is 0 Å². The van der Waals surface area contributed by atoms with Crippen molar-refractivity contribution in [1.29, 1.82) is 0 Å². The third-order valence-corrected chi connectivity index (χ3v) is 3.82. The summed E-state index contributed by atoms with van der Waals surface area (Å²) in [5, 5.41) is 8.80. The molecule has 5 nitrogen and oxygen atoms in total. The summed E-state index contributed by atoms with van der Waals surface area (Å²) in [4.78, 5) is 26.8. The van der Waals surface area contributed by atoms with Crippen molar-refractivity contribution in [3.8, 4) is 0 Å². The Morgan fingerprint density at radius 3 is 2.76 bits per heavy atom. The molecular weight excluding hydrogens is 268 g/mol. The van der Waals surface area contributed by atoms with Gasteiger partial charge in [-0.2, -0.15) is 0 Å². The summed E-state index contributed by atoms with van der Waals surface area (Å²) in [6.07, 6.45) is 0.950. The Morgan fingerprint density at radius 1 is 1.38 bits per heavy atom. The number of anilines is 1. The molecule has 2 rings (SSSR count). The SMILES string of the molecule is CCN(CCC(=O)O)C(=O)N1CC(C)Cc2ccccc21. The molecule has 1 atom stereocenters. The number of urea groups is 1. The molecule has 114 valence electrons. The highest BCUT2D eigenvalue weighted by Crippen LogP contribution is 2.30. The summed E-state index contributed by atoms with van der Waals surface area (Å²) < 4.78 is 0. The van der Waals surface area contributed by atoms with E-state index in [4.69, 9.17) is 5.11 Å². The van der Waals surface area contributed by atoms with E-state index in [0.717, 1.165) is 12.1 Å². The van der Waals surface area contributed by atoms with E-state index in [-0.39, 0.29) is 19.0 Å². The van der Waals surface area contributed by atoms with Crippen LogP contribution >= 0.6 is 0 Å². The number of para-hydroxylation sites is 1. The normalized spacial score (nSPS) is 17.2. The lowest BCUT2D eigenvalue weighted by Gasteiger charge is -2.36. The van der Waals surface area contributed by atoms with Crippen molar-refractivity contribution >= 4 is 17.7 Å². The van der Waals surface area contributed by atoms with Crippen LogP contribution in [0.1, 0.15) is 25.8 Å². The number of rotatable bonds is 4. The molecule has 0 radical (unpaired) electrons. The lowest BCUT2D eigenvalue weighted by atomic mass is 9.94. The lowest BCUT2D eigenvalue weighted by Crippen LogP contribution is -2.47. The number of benzene rings is 1. The van der Waals surface area contributed by atoms with Crippen LogP contribution in [0.15, 0.2) is 24.3 Å². The fourth-order valence-electron chi connectivity index (χ4n) is 2.77. The van der Waals surface area contributed by atoms with Gasteiger partial charge in [0, 0.05) is 25.3 Å². The van der Waals surface area contributed by atoms with Crippen molar-refractivity contribution in [3.05, 3.63) is 29.8 Å². The van der Waals surface area contributed by atoms with E-state index < -0.39 is 5.97 Å². The minimum atomic E-state index is -0.881. The van der Waals surface area contributed by atoms with E-state index in [9.17, 15) is 9.59 Å². The Balaban J connectivity index is 2.19. The van der Waals surface area contributed by atoms with Crippen molar-refractivity contribution in [2.75, 3.05) is 24.5 Å². The van der Waals surface area contributed by atoms with Gasteiger partial charge in [0.25, 0.3) is 0 Å². The molecule has 0 aromatic heterocycles. The summed E-state index contributed by atoms with van der Waals surface area (Å²) >= 11 is 0. The van der Waals surface area contributed by atoms with Gasteiger partial charge in [0.05, 0.1) is 6.42 Å². The molecule has 0 bridgehead atoms. The second kappa shape index (κ2) is 6.61. The van der Waals surface area contributed by atoms with Crippen LogP contribution < -0.4 is 4.90 Å². The molecule has 0 saturated carbocycles. The zero-order chi connectivity index (χ0) is 15.4. The largest absolute Gasteiger partial charge is 0.481 e. The van der Waals surface area contributed by atoms with E-state index >= 15 is 0 Å². The van der Waals surface area contributed by atoms with Crippen LogP contribution in [0.2, 0.25) is 0 Å². The van der Waals surface area contributed by atoms with E-state index in [1.165, 1.54) is 5.56 Å². The van der Waals surface area contributed by atoms with Crippen molar-refractivity contribution in [2.45, 2.75) is 26.7 Å². The second-order valence-corrected chi connectivity index (χ2v) is 5.55. The van der Waals surface area contributed by atoms with Crippen LogP contribution in [0.25, 0.3) is 0 Å². The summed E-state index contributed by atoms with van der Waals surface area (Å²) in [6.45, 7) is 5.44. The molecule has 1 aliphatic heterocycles. The van der Waals surface area contributed by atoms with Gasteiger partial charge >= 0.3 is 12.0 Å². The van der Waals surface area contributed by atoms with Crippen molar-refractivity contribution in [2.24, 2.45) is 5.92 Å². The number of carbonyl (C=O) groups is 2. The van der Waals surface area contributed by atoms with Crippen LogP contribution in [0.5, 0.6) is 0 Å². The highest BCUT2D eigenvalue weighted by molar-refractivity contribution is 5.93. The molecule has 1 N–H and O–H groups in total. The maximum absolute atomic E-state index is 12.7. The molecule has 1 aliphatic rings. The Kier molecular flexibility index (Phi) is 4.83. The predicted octanol–water partition coefficient (Wildman–Crippen LogP) is 2.60. The third kappa shape index (κ3) is 3.54. The number of carboxylic acid groups (broad SMARTS) is 1. The molecule has 0 saturated heterocycles. The quantitative estimate of drug-likeness (QED) is 0.927. The van der Waals surface area contributed by atoms with Gasteiger partial charge in [-0.1, -0.05) is 25.1 Å². The molecule has 5 heteroatoms. The number of fused-ring (bicyclic) bond motifs is 1. The Hall–Kier alpha value is -2.04. The highest BCUT2D eigenvalue weighted by atomic mass is 16.4. The second-order valence-electron chi connectivity index (χ2n) is 5.55. The molecule has 2 amide bonds. The molecule has 21 heavy (non-hydrogen) atoms. The first-order chi connectivity index (χ1) is 10.0. The van der Waals surface area contributed by atoms with Gasteiger partial charge in [-0.25, -0.2) is 4.79 Å². The average molecular weight is 290 g/mol. The highest BCUT2D eigenvalue weighted by Gasteiger charge is 2.28. The summed E-state index contributed by atoms with van der Waals surface area (Å²) in [6, 6.07) is 7.84. The molecule has 1 aromatic carbocycles. The van der Waals surface area contributed by atoms with Gasteiger partial charge in [-0.3, -0.25) is 9.69 Å². The minimum Gasteiger partial charge on any atom is -0.481 e. The fourth-order valence-corrected chi connectivity index (χ4v) is 2.77. The number of carboxylic acids is 1. The molecular formula is C16H22N2O3. The van der Waals surface area contributed by atoms with Crippen LogP contribution in [-0.2, 0) is 11.2 Å². The van der Waals surface area contributed by atoms with Crippen LogP contribution in [0.3, 0.4) is 0 Å². The van der Waals surface area contributed by atoms with Gasteiger partial charge in [0.2, 0.25) is 0 Å². The lowest BCUT2D eigenvalue weighted by molar-refractivity contribution is -0.137. The zero-order valence-corrected chi connectivity index (χ0v) is 12.6. The number of aliphatic carboxylic acids is 1. The van der Waals surface area contributed by atoms with Crippen molar-refractivity contribution in [1.82, 2.24) is 4.90 Å². The van der Waals surface area contributed by atoms with E-state index in [0.29, 0.717) is 19.0 Å². The van der Waals surface area contributed by atoms with E-state index in [2.05, 4.69) is 13.0 Å². The van der Waals surface area contributed by atoms with E-state index in [1.54, 1.807) is 9.80 Å². The van der Waals surface area contributed by atoms with Gasteiger partial charge < -0.3 is 10.0 Å². The number of hydrogen-bond donors (Lipinski definition) is 1. The smallest absolute Gasteiger partial charge is 0.324 e. The topological polar surface area (TPSA) is 60.9 Å². The van der Waals surface area contributed by atoms with Crippen LogP contribution in [0.4, 0.5) is 10.5 Å². The monoisotopic (exact) mass is 290 g/mol. The maximum Gasteiger partial charge on any atom is 0.324 e. The first-order valence-corrected chi connectivity index (χ1v) is 7.39. The van der Waals surface area contributed by atoms with Crippen molar-refractivity contribution < 1.29 is 14.7 Å². The molecule has 0 spiro atoms. The van der Waals surface area contributed by atoms with Crippen LogP contribution in [-0.4, -0.2) is 41.6 Å². The summed E-state index contributed by atoms with van der Waals surface area (Å²) in [5.41, 5.74) is 2.13. The molecule has 1 unspecified atom stereocenters. The summed E-state index contributed by atoms with van der Waals surface area (Å²) in [7, 11) is 0. The number of carbonyl (C=O) groups excluding carboxylic acids is 1. The van der Waals surface area contributed by atoms with Gasteiger partial charge in [-0.05, 0) is 30.9 Å². The predicted molar refractivity (Wildman–Crippen MR) is 81.6 cm³/mol. The zero-order valence-electron chi connectivity index (χ0n) is 12.6. The Morgan fingerprint density at radius 2 is 2.10 bits per heavy atom. The first-order valence-electron chi connectivity index (χ1n) is 7.39. The molecule has 1 aromatic rings. The third-order valence-electron chi connectivity index (χ3n) is 3.82. The average Bonchev–Trinajstić information content (AvgIpc) is 2.46. The number of amides is 2. The molecule has 1 heterocycles. The first kappa shape index (κ1) is 15.4. The van der Waals surface area contributed by atoms with Crippen molar-refractivity contribution in [3.63, 3.8) is 0 Å². The molecule has 0 fully saturated rings. The standard InChI is InChI=1S/C16H22N2O3/c1-3-17(9-8-15(19)20)16(21)18-11-12(2)10-13-6-4-5-7-14(13)18/h4-7,12H,3,8-11H2,1-2H3,(H,19,20).